The summed E-state index contributed by atoms with van der Waals surface area (Å²) in [6.07, 6.45) is 2.77. The van der Waals surface area contributed by atoms with E-state index in [9.17, 15) is 4.79 Å². The second kappa shape index (κ2) is 4.48. The molecule has 0 unspecified atom stereocenters. The second-order valence-corrected chi connectivity index (χ2v) is 3.14. The zero-order valence-electron chi connectivity index (χ0n) is 6.31. The quantitative estimate of drug-likeness (QED) is 0.736. The summed E-state index contributed by atoms with van der Waals surface area (Å²) < 4.78 is 0. The third kappa shape index (κ3) is 2.23. The van der Waals surface area contributed by atoms with E-state index in [0.29, 0.717) is 22.9 Å². The van der Waals surface area contributed by atoms with Gasteiger partial charge in [-0.2, -0.15) is 0 Å². The summed E-state index contributed by atoms with van der Waals surface area (Å²) in [5.41, 5.74) is 0.896. The molecule has 0 fully saturated rings. The first-order valence-electron chi connectivity index (χ1n) is 3.53. The van der Waals surface area contributed by atoms with E-state index in [1.165, 1.54) is 0 Å². The predicted molar refractivity (Wildman–Crippen MR) is 50.5 cm³/mol. The zero-order chi connectivity index (χ0) is 8.97. The van der Waals surface area contributed by atoms with Crippen LogP contribution in [0.15, 0.2) is 18.2 Å². The smallest absolute Gasteiger partial charge is 0.198 e. The van der Waals surface area contributed by atoms with Gasteiger partial charge in [0.05, 0.1) is 10.0 Å². The Morgan fingerprint density at radius 2 is 2.08 bits per heavy atom. The SMILES string of the molecule is O=[C]CCc1cccc(Cl)c1Cl. The number of benzene rings is 1. The fraction of sp³-hybridized carbons (Fsp3) is 0.222. The van der Waals surface area contributed by atoms with Crippen LogP contribution in [0.5, 0.6) is 0 Å². The van der Waals surface area contributed by atoms with Crippen LogP contribution in [0.25, 0.3) is 0 Å². The lowest BCUT2D eigenvalue weighted by atomic mass is 10.1. The molecule has 0 amide bonds. The molecule has 0 aliphatic rings. The van der Waals surface area contributed by atoms with Gasteiger partial charge in [-0.25, -0.2) is 0 Å². The standard InChI is InChI=1S/C9H7Cl2O/c10-8-5-1-3-7(9(8)11)4-2-6-12/h1,3,5H,2,4H2. The molecule has 0 saturated heterocycles. The molecule has 1 rings (SSSR count). The Labute approximate surface area is 81.3 Å². The van der Waals surface area contributed by atoms with Crippen LogP contribution in [-0.2, 0) is 11.2 Å². The highest BCUT2D eigenvalue weighted by Gasteiger charge is 2.02. The van der Waals surface area contributed by atoms with Gasteiger partial charge in [-0.1, -0.05) is 35.3 Å². The molecule has 0 heterocycles. The van der Waals surface area contributed by atoms with Crippen LogP contribution < -0.4 is 0 Å². The summed E-state index contributed by atoms with van der Waals surface area (Å²) in [4.78, 5) is 9.97. The van der Waals surface area contributed by atoms with E-state index < -0.39 is 0 Å². The summed E-state index contributed by atoms with van der Waals surface area (Å²) in [5.74, 6) is 0. The van der Waals surface area contributed by atoms with Crippen molar-refractivity contribution in [2.24, 2.45) is 0 Å². The van der Waals surface area contributed by atoms with Crippen LogP contribution in [0, 0.1) is 0 Å². The van der Waals surface area contributed by atoms with Gasteiger partial charge in [0.25, 0.3) is 0 Å². The monoisotopic (exact) mass is 201 g/mol. The molecule has 63 valence electrons. The number of hydrogen-bond donors (Lipinski definition) is 0. The van der Waals surface area contributed by atoms with Crippen LogP contribution in [0.2, 0.25) is 10.0 Å². The van der Waals surface area contributed by atoms with Gasteiger partial charge >= 0.3 is 0 Å². The van der Waals surface area contributed by atoms with E-state index in [4.69, 9.17) is 23.2 Å². The van der Waals surface area contributed by atoms with Gasteiger partial charge in [-0.3, -0.25) is 4.79 Å². The van der Waals surface area contributed by atoms with E-state index >= 15 is 0 Å². The third-order valence-electron chi connectivity index (χ3n) is 1.53. The van der Waals surface area contributed by atoms with E-state index in [1.807, 2.05) is 18.4 Å². The lowest BCUT2D eigenvalue weighted by Crippen LogP contribution is -1.87. The highest BCUT2D eigenvalue weighted by atomic mass is 35.5. The molecule has 0 atom stereocenters. The Bertz CT molecular complexity index is 284. The van der Waals surface area contributed by atoms with Crippen molar-refractivity contribution >= 4 is 29.5 Å². The molecule has 0 bridgehead atoms. The summed E-state index contributed by atoms with van der Waals surface area (Å²) in [5, 5.41) is 1.06. The zero-order valence-corrected chi connectivity index (χ0v) is 7.82. The molecule has 1 aromatic rings. The molecule has 1 nitrogen and oxygen atoms in total. The fourth-order valence-electron chi connectivity index (χ4n) is 0.927. The molecule has 0 aromatic heterocycles. The first-order chi connectivity index (χ1) is 5.75. The van der Waals surface area contributed by atoms with E-state index in [2.05, 4.69) is 0 Å². The molecule has 1 aromatic carbocycles. The minimum absolute atomic E-state index is 0.361. The lowest BCUT2D eigenvalue weighted by Gasteiger charge is -2.01. The number of rotatable bonds is 3. The maximum Gasteiger partial charge on any atom is 0.198 e. The minimum atomic E-state index is 0.361. The highest BCUT2D eigenvalue weighted by molar-refractivity contribution is 6.42. The van der Waals surface area contributed by atoms with Crippen LogP contribution in [-0.4, -0.2) is 6.29 Å². The van der Waals surface area contributed by atoms with Crippen molar-refractivity contribution < 1.29 is 4.79 Å². The van der Waals surface area contributed by atoms with Crippen molar-refractivity contribution in [2.45, 2.75) is 12.8 Å². The van der Waals surface area contributed by atoms with E-state index in [0.717, 1.165) is 5.56 Å². The summed E-state index contributed by atoms with van der Waals surface area (Å²) in [7, 11) is 0. The van der Waals surface area contributed by atoms with Crippen molar-refractivity contribution in [3.63, 3.8) is 0 Å². The molecule has 0 aliphatic carbocycles. The molecule has 3 heteroatoms. The van der Waals surface area contributed by atoms with Crippen LogP contribution in [0.4, 0.5) is 0 Å². The molecule has 0 N–H and O–H groups in total. The summed E-state index contributed by atoms with van der Waals surface area (Å²) >= 11 is 11.6. The molecule has 0 saturated carbocycles. The van der Waals surface area contributed by atoms with E-state index in [-0.39, 0.29) is 0 Å². The van der Waals surface area contributed by atoms with Crippen molar-refractivity contribution in [3.8, 4) is 0 Å². The predicted octanol–water partition coefficient (Wildman–Crippen LogP) is 3.04. The number of carbonyl (C=O) groups excluding carboxylic acids is 1. The first-order valence-corrected chi connectivity index (χ1v) is 4.29. The number of aryl methyl sites for hydroxylation is 1. The van der Waals surface area contributed by atoms with Gasteiger partial charge < -0.3 is 0 Å². The van der Waals surface area contributed by atoms with E-state index in [1.54, 1.807) is 6.07 Å². The molecular formula is C9H7Cl2O. The molecular weight excluding hydrogens is 195 g/mol. The Hall–Kier alpha value is -0.530. The second-order valence-electron chi connectivity index (χ2n) is 2.36. The molecule has 1 radical (unpaired) electrons. The summed E-state index contributed by atoms with van der Waals surface area (Å²) in [6.45, 7) is 0. The van der Waals surface area contributed by atoms with Gasteiger partial charge in [-0.05, 0) is 18.1 Å². The van der Waals surface area contributed by atoms with Crippen LogP contribution >= 0.6 is 23.2 Å². The van der Waals surface area contributed by atoms with Gasteiger partial charge in [0.2, 0.25) is 0 Å². The van der Waals surface area contributed by atoms with Crippen molar-refractivity contribution in [1.29, 1.82) is 0 Å². The maximum absolute atomic E-state index is 9.97. The minimum Gasteiger partial charge on any atom is -0.291 e. The normalized spacial score (nSPS) is 9.83. The molecule has 12 heavy (non-hydrogen) atoms. The molecule has 0 aliphatic heterocycles. The first kappa shape index (κ1) is 9.56. The van der Waals surface area contributed by atoms with Gasteiger partial charge in [0.1, 0.15) is 0 Å². The maximum atomic E-state index is 9.97. The largest absolute Gasteiger partial charge is 0.291 e. The topological polar surface area (TPSA) is 17.1 Å². The average molecular weight is 202 g/mol. The van der Waals surface area contributed by atoms with Crippen LogP contribution in [0.1, 0.15) is 12.0 Å². The van der Waals surface area contributed by atoms with Gasteiger partial charge in [-0.15, -0.1) is 0 Å². The fourth-order valence-corrected chi connectivity index (χ4v) is 1.34. The van der Waals surface area contributed by atoms with Crippen molar-refractivity contribution in [2.75, 3.05) is 0 Å². The van der Waals surface area contributed by atoms with Gasteiger partial charge in [0, 0.05) is 6.42 Å². The van der Waals surface area contributed by atoms with Crippen molar-refractivity contribution in [1.82, 2.24) is 0 Å². The Kier molecular flexibility index (Phi) is 3.57. The number of hydrogen-bond acceptors (Lipinski definition) is 1. The van der Waals surface area contributed by atoms with Crippen molar-refractivity contribution in [3.05, 3.63) is 33.8 Å². The lowest BCUT2D eigenvalue weighted by molar-refractivity contribution is 0.551. The van der Waals surface area contributed by atoms with Gasteiger partial charge in [0.15, 0.2) is 6.29 Å². The Morgan fingerprint density at radius 1 is 1.33 bits per heavy atom. The highest BCUT2D eigenvalue weighted by Crippen LogP contribution is 2.25. The average Bonchev–Trinajstić information content (AvgIpc) is 2.08. The Balaban J connectivity index is 2.84. The number of halogens is 2. The van der Waals surface area contributed by atoms with Crippen LogP contribution in [0.3, 0.4) is 0 Å². The molecule has 0 spiro atoms. The summed E-state index contributed by atoms with van der Waals surface area (Å²) in [6, 6.07) is 5.39. The third-order valence-corrected chi connectivity index (χ3v) is 2.39. The Morgan fingerprint density at radius 3 is 2.75 bits per heavy atom.